The van der Waals surface area contributed by atoms with Gasteiger partial charge in [-0.3, -0.25) is 14.5 Å². The molecule has 1 aliphatic carbocycles. The number of nitrogens with one attached hydrogen (secondary N) is 2. The third-order valence-electron chi connectivity index (χ3n) is 15.9. The van der Waals surface area contributed by atoms with Gasteiger partial charge < -0.3 is 34.7 Å². The minimum atomic E-state index is -2.17. The summed E-state index contributed by atoms with van der Waals surface area (Å²) in [6.45, 7) is 16.1. The lowest BCUT2D eigenvalue weighted by molar-refractivity contribution is -0.228. The summed E-state index contributed by atoms with van der Waals surface area (Å²) in [5.41, 5.74) is 3.72. The average molecular weight is 792 g/mol. The Kier molecular flexibility index (Phi) is 9.08. The van der Waals surface area contributed by atoms with Gasteiger partial charge >= 0.3 is 11.9 Å². The molecule has 11 heteroatoms. The van der Waals surface area contributed by atoms with Gasteiger partial charge in [-0.05, 0) is 99.2 Å². The molecule has 3 unspecified atom stereocenters. The molecule has 1 amide bonds. The number of aromatic nitrogens is 1. The van der Waals surface area contributed by atoms with E-state index in [4.69, 9.17) is 9.47 Å². The molecule has 6 aliphatic rings. The monoisotopic (exact) mass is 791 g/mol. The minimum Gasteiger partial charge on any atom is -0.467 e. The van der Waals surface area contributed by atoms with Crippen LogP contribution in [0.3, 0.4) is 0 Å². The van der Waals surface area contributed by atoms with Gasteiger partial charge in [0, 0.05) is 91.6 Å². The maximum absolute atomic E-state index is 14.4. The number of fused-ring (bicyclic) bond motifs is 6. The van der Waals surface area contributed by atoms with Crippen molar-refractivity contribution in [3.63, 3.8) is 0 Å². The number of aromatic amines is 1. The number of methoxy groups -OCH3 is 1. The van der Waals surface area contributed by atoms with Crippen molar-refractivity contribution in [2.75, 3.05) is 51.8 Å². The maximum Gasteiger partial charge on any atom is 0.344 e. The minimum absolute atomic E-state index is 0.0188. The van der Waals surface area contributed by atoms with Crippen LogP contribution in [-0.2, 0) is 41.1 Å². The van der Waals surface area contributed by atoms with Crippen molar-refractivity contribution in [3.05, 3.63) is 76.5 Å². The lowest BCUT2D eigenvalue weighted by Crippen LogP contribution is -2.81. The zero-order chi connectivity index (χ0) is 41.2. The highest BCUT2D eigenvalue weighted by Crippen LogP contribution is 2.68. The number of rotatable bonds is 6. The van der Waals surface area contributed by atoms with Crippen molar-refractivity contribution in [3.8, 4) is 0 Å². The first kappa shape index (κ1) is 39.3. The second-order valence-electron chi connectivity index (χ2n) is 19.0. The smallest absolute Gasteiger partial charge is 0.344 e. The van der Waals surface area contributed by atoms with Crippen LogP contribution >= 0.6 is 0 Å². The summed E-state index contributed by atoms with van der Waals surface area (Å²) in [5, 5.41) is 18.0. The number of aliphatic hydroxyl groups is 1. The number of para-hydroxylation sites is 1. The summed E-state index contributed by atoms with van der Waals surface area (Å²) >= 11 is 0. The number of hydrogen-bond donors (Lipinski definition) is 3. The molecule has 6 heterocycles. The SMILES string of the molecule is CCC1(NC(C)=O)C[C@H]2CN(CCc3c([nH]c4ccccc34)[C@@](C)(c3cc4c(cc3C)N(C)C3[C@]45CCN4CC=C[C@@](CC)([C@@H](OC(C)=O)[C@]3(O)C(=O)OC)[C@H]45)C2)C1. The number of aryl methyl sites for hydroxylation is 1. The van der Waals surface area contributed by atoms with Crippen LogP contribution in [0.4, 0.5) is 5.69 Å². The molecule has 2 saturated heterocycles. The van der Waals surface area contributed by atoms with E-state index in [1.807, 2.05) is 7.05 Å². The van der Waals surface area contributed by atoms with Crippen LogP contribution < -0.4 is 10.2 Å². The predicted octanol–water partition coefficient (Wildman–Crippen LogP) is 5.28. The van der Waals surface area contributed by atoms with E-state index in [9.17, 15) is 19.5 Å². The topological polar surface area (TPSA) is 127 Å². The van der Waals surface area contributed by atoms with Crippen molar-refractivity contribution in [2.45, 2.75) is 120 Å². The van der Waals surface area contributed by atoms with Gasteiger partial charge in [0.1, 0.15) is 0 Å². The fourth-order valence-electron chi connectivity index (χ4n) is 14.1. The Morgan fingerprint density at radius 2 is 1.81 bits per heavy atom. The van der Waals surface area contributed by atoms with Crippen molar-refractivity contribution in [1.82, 2.24) is 20.1 Å². The molecule has 1 aromatic heterocycles. The van der Waals surface area contributed by atoms with Gasteiger partial charge in [0.25, 0.3) is 0 Å². The normalized spacial score (nSPS) is 37.5. The number of likely N-dealkylation sites (N-methyl/N-ethyl adjacent to an activating group) is 1. The number of carbonyl (C=O) groups is 3. The van der Waals surface area contributed by atoms with Crippen LogP contribution in [0.1, 0.15) is 94.7 Å². The molecule has 2 bridgehead atoms. The largest absolute Gasteiger partial charge is 0.467 e. The lowest BCUT2D eigenvalue weighted by atomic mass is 9.47. The first-order chi connectivity index (χ1) is 27.6. The molecule has 1 spiro atoms. The van der Waals surface area contributed by atoms with E-state index >= 15 is 0 Å². The van der Waals surface area contributed by atoms with E-state index in [0.717, 1.165) is 87.2 Å². The van der Waals surface area contributed by atoms with Gasteiger partial charge in [-0.15, -0.1) is 0 Å². The summed E-state index contributed by atoms with van der Waals surface area (Å²) in [7, 11) is 3.29. The number of benzene rings is 2. The molecule has 3 N–H and O–H groups in total. The Morgan fingerprint density at radius 1 is 1.03 bits per heavy atom. The van der Waals surface area contributed by atoms with Crippen molar-refractivity contribution < 1.29 is 29.0 Å². The number of anilines is 1. The third-order valence-corrected chi connectivity index (χ3v) is 15.9. The lowest BCUT2D eigenvalue weighted by Gasteiger charge is -2.63. The number of amides is 1. The molecule has 2 aromatic carbocycles. The fraction of sp³-hybridized carbons (Fsp3) is 0.596. The first-order valence-electron chi connectivity index (χ1n) is 21.5. The molecule has 10 atom stereocenters. The van der Waals surface area contributed by atoms with Crippen molar-refractivity contribution in [2.24, 2.45) is 11.3 Å². The van der Waals surface area contributed by atoms with Gasteiger partial charge in [0.05, 0.1) is 18.7 Å². The zero-order valence-corrected chi connectivity index (χ0v) is 35.5. The van der Waals surface area contributed by atoms with E-state index in [1.165, 1.54) is 36.2 Å². The molecule has 3 aromatic rings. The molecule has 3 fully saturated rings. The van der Waals surface area contributed by atoms with Gasteiger partial charge in [-0.1, -0.05) is 50.3 Å². The van der Waals surface area contributed by atoms with Crippen LogP contribution in [0.15, 0.2) is 48.6 Å². The summed E-state index contributed by atoms with van der Waals surface area (Å²) in [6, 6.07) is 12.5. The Bertz CT molecular complexity index is 2230. The summed E-state index contributed by atoms with van der Waals surface area (Å²) in [6.07, 6.45) is 7.87. The number of esters is 2. The highest BCUT2D eigenvalue weighted by atomic mass is 16.6. The Hall–Kier alpha value is -4.19. The van der Waals surface area contributed by atoms with Crippen LogP contribution in [0.5, 0.6) is 0 Å². The molecule has 9 rings (SSSR count). The summed E-state index contributed by atoms with van der Waals surface area (Å²) in [4.78, 5) is 51.2. The molecular weight excluding hydrogens is 731 g/mol. The van der Waals surface area contributed by atoms with E-state index in [2.05, 4.69) is 101 Å². The van der Waals surface area contributed by atoms with Crippen LogP contribution in [0.2, 0.25) is 0 Å². The summed E-state index contributed by atoms with van der Waals surface area (Å²) < 4.78 is 11.7. The number of carbonyl (C=O) groups excluding carboxylic acids is 3. The van der Waals surface area contributed by atoms with Crippen LogP contribution in [0, 0.1) is 18.3 Å². The van der Waals surface area contributed by atoms with Crippen molar-refractivity contribution in [1.29, 1.82) is 0 Å². The highest BCUT2D eigenvalue weighted by molar-refractivity contribution is 5.88. The van der Waals surface area contributed by atoms with Gasteiger partial charge in [-0.25, -0.2) is 4.79 Å². The molecule has 11 nitrogen and oxygen atoms in total. The highest BCUT2D eigenvalue weighted by Gasteiger charge is 2.80. The standard InChI is InChI=1S/C47H61N5O6/c1-9-44(49-29(4)53)25-31-24-43(6,38-33(16-20-51(26-31)27-44)32-14-11-12-15-36(32)48-38)34-23-35-37(22-28(34)3)50(7)40-46(35)18-21-52-19-13-17-45(10-2,39(46)52)41(58-30(5)54)47(40,56)42(55)57-8/h11-15,17,22-23,31,39-41,48,56H,9-10,16,18-21,24-27H2,1-8H3,(H,49,53)/t31-,39-,40?,41+,43+,44?,45+,46+,47-/m0/s1. The number of hydrogen-bond acceptors (Lipinski definition) is 9. The average Bonchev–Trinajstić information content (AvgIpc) is 3.85. The molecule has 1 saturated carbocycles. The van der Waals surface area contributed by atoms with Crippen LogP contribution in [0.25, 0.3) is 10.9 Å². The number of ether oxygens (including phenoxy) is 2. The Labute approximate surface area is 342 Å². The Balaban J connectivity index is 1.29. The summed E-state index contributed by atoms with van der Waals surface area (Å²) in [5.74, 6) is -1.01. The zero-order valence-electron chi connectivity index (χ0n) is 35.5. The van der Waals surface area contributed by atoms with E-state index in [0.29, 0.717) is 12.3 Å². The van der Waals surface area contributed by atoms with Gasteiger partial charge in [0.15, 0.2) is 6.10 Å². The molecule has 310 valence electrons. The van der Waals surface area contributed by atoms with Crippen molar-refractivity contribution >= 4 is 34.4 Å². The number of H-pyrrole nitrogens is 1. The van der Waals surface area contributed by atoms with E-state index < -0.39 is 45.9 Å². The number of nitrogens with zero attached hydrogens (tertiary/aromatic N) is 3. The Morgan fingerprint density at radius 3 is 2.52 bits per heavy atom. The maximum atomic E-state index is 14.4. The number of piperidine rings is 1. The van der Waals surface area contributed by atoms with E-state index in [1.54, 1.807) is 6.92 Å². The van der Waals surface area contributed by atoms with Gasteiger partial charge in [-0.2, -0.15) is 0 Å². The quantitative estimate of drug-likeness (QED) is 0.226. The molecule has 5 aliphatic heterocycles. The molecular formula is C47H61N5O6. The first-order valence-corrected chi connectivity index (χ1v) is 21.5. The third kappa shape index (κ3) is 5.17. The van der Waals surface area contributed by atoms with E-state index in [-0.39, 0.29) is 17.5 Å². The second-order valence-corrected chi connectivity index (χ2v) is 19.0. The molecule has 0 radical (unpaired) electrons. The van der Waals surface area contributed by atoms with Crippen LogP contribution in [-0.4, -0.2) is 114 Å². The van der Waals surface area contributed by atoms with Gasteiger partial charge in [0.2, 0.25) is 11.5 Å². The predicted molar refractivity (Wildman–Crippen MR) is 224 cm³/mol. The fourth-order valence-corrected chi connectivity index (χ4v) is 14.1. The molecule has 58 heavy (non-hydrogen) atoms. The second kappa shape index (κ2) is 13.4.